The Morgan fingerprint density at radius 2 is 1.67 bits per heavy atom. The molecule has 0 fully saturated rings. The Balaban J connectivity index is 1.77. The van der Waals surface area contributed by atoms with Gasteiger partial charge in [-0.3, -0.25) is 14.2 Å². The first-order valence-corrected chi connectivity index (χ1v) is 11.2. The van der Waals surface area contributed by atoms with E-state index < -0.39 is 28.5 Å². The van der Waals surface area contributed by atoms with Crippen molar-refractivity contribution in [1.82, 2.24) is 9.55 Å². The molecule has 8 heteroatoms. The van der Waals surface area contributed by atoms with Crippen molar-refractivity contribution >= 4 is 34.3 Å². The van der Waals surface area contributed by atoms with Gasteiger partial charge >= 0.3 is 0 Å². The lowest BCUT2D eigenvalue weighted by molar-refractivity contribution is -0.115. The number of halogens is 2. The van der Waals surface area contributed by atoms with Gasteiger partial charge in [-0.25, -0.2) is 13.8 Å². The summed E-state index contributed by atoms with van der Waals surface area (Å²) < 4.78 is 29.4. The summed E-state index contributed by atoms with van der Waals surface area (Å²) in [5, 5.41) is 2.27. The Morgan fingerprint density at radius 3 is 2.39 bits per heavy atom. The highest BCUT2D eigenvalue weighted by Crippen LogP contribution is 2.28. The third kappa shape index (κ3) is 4.39. The van der Waals surface area contributed by atoms with E-state index in [0.717, 1.165) is 35.0 Å². The fourth-order valence-electron chi connectivity index (χ4n) is 3.44. The molecule has 0 radical (unpaired) electrons. The molecule has 1 unspecified atom stereocenters. The Morgan fingerprint density at radius 1 is 1.00 bits per heavy atom. The molecule has 4 aromatic rings. The van der Waals surface area contributed by atoms with E-state index in [-0.39, 0.29) is 5.56 Å². The number of thioether (sulfide) groups is 1. The number of benzene rings is 3. The van der Waals surface area contributed by atoms with Crippen molar-refractivity contribution in [3.8, 4) is 5.69 Å². The lowest BCUT2D eigenvalue weighted by Crippen LogP contribution is -2.27. The highest BCUT2D eigenvalue weighted by molar-refractivity contribution is 8.00. The first kappa shape index (κ1) is 22.7. The van der Waals surface area contributed by atoms with Crippen LogP contribution in [0.3, 0.4) is 0 Å². The van der Waals surface area contributed by atoms with Gasteiger partial charge < -0.3 is 5.32 Å². The Bertz CT molecular complexity index is 1420. The first-order chi connectivity index (χ1) is 15.8. The molecule has 5 nitrogen and oxygen atoms in total. The molecule has 1 atom stereocenters. The fourth-order valence-corrected chi connectivity index (χ4v) is 4.36. The normalized spacial score (nSPS) is 12.0. The lowest BCUT2D eigenvalue weighted by Gasteiger charge is -2.18. The van der Waals surface area contributed by atoms with Crippen LogP contribution in [0, 0.1) is 25.5 Å². The number of carbonyl (C=O) groups is 1. The van der Waals surface area contributed by atoms with Crippen LogP contribution in [0.2, 0.25) is 0 Å². The number of rotatable bonds is 5. The number of anilines is 1. The Labute approximate surface area is 193 Å². The summed E-state index contributed by atoms with van der Waals surface area (Å²) in [6.07, 6.45) is 0. The molecule has 33 heavy (non-hydrogen) atoms. The average Bonchev–Trinajstić information content (AvgIpc) is 2.79. The van der Waals surface area contributed by atoms with Gasteiger partial charge in [0, 0.05) is 0 Å². The van der Waals surface area contributed by atoms with E-state index in [1.54, 1.807) is 31.2 Å². The predicted octanol–water partition coefficient (Wildman–Crippen LogP) is 5.40. The van der Waals surface area contributed by atoms with E-state index in [2.05, 4.69) is 10.3 Å². The highest BCUT2D eigenvalue weighted by Gasteiger charge is 2.23. The summed E-state index contributed by atoms with van der Waals surface area (Å²) in [4.78, 5) is 30.9. The summed E-state index contributed by atoms with van der Waals surface area (Å²) in [6, 6.07) is 16.0. The number of hydrogen-bond acceptors (Lipinski definition) is 4. The van der Waals surface area contributed by atoms with E-state index in [1.807, 2.05) is 32.0 Å². The molecular formula is C25H21F2N3O2S. The maximum Gasteiger partial charge on any atom is 0.266 e. The smallest absolute Gasteiger partial charge is 0.266 e. The van der Waals surface area contributed by atoms with Crippen LogP contribution in [0.15, 0.2) is 70.6 Å². The lowest BCUT2D eigenvalue weighted by atomic mass is 10.1. The molecule has 4 rings (SSSR count). The zero-order valence-corrected chi connectivity index (χ0v) is 19.0. The zero-order valence-electron chi connectivity index (χ0n) is 18.2. The molecule has 0 saturated heterocycles. The molecule has 1 N–H and O–H groups in total. The molecule has 1 aromatic heterocycles. The second kappa shape index (κ2) is 9.15. The average molecular weight is 466 g/mol. The first-order valence-electron chi connectivity index (χ1n) is 10.3. The predicted molar refractivity (Wildman–Crippen MR) is 127 cm³/mol. The molecule has 3 aromatic carbocycles. The van der Waals surface area contributed by atoms with Crippen LogP contribution >= 0.6 is 11.8 Å². The van der Waals surface area contributed by atoms with Gasteiger partial charge in [0.05, 0.1) is 21.8 Å². The third-order valence-corrected chi connectivity index (χ3v) is 6.48. The van der Waals surface area contributed by atoms with Crippen molar-refractivity contribution in [1.29, 1.82) is 0 Å². The quantitative estimate of drug-likeness (QED) is 0.317. The largest absolute Gasteiger partial charge is 0.320 e. The van der Waals surface area contributed by atoms with E-state index in [4.69, 9.17) is 0 Å². The number of nitrogens with one attached hydrogen (secondary N) is 1. The minimum atomic E-state index is -0.864. The second-order valence-corrected chi connectivity index (χ2v) is 8.93. The highest BCUT2D eigenvalue weighted by atomic mass is 32.2. The SMILES string of the molecule is Cc1cccc(-n2c(SC(C)C(=O)Nc3c(F)cccc3F)nc3ccccc3c2=O)c1C. The van der Waals surface area contributed by atoms with Crippen LogP contribution in [-0.2, 0) is 4.79 Å². The van der Waals surface area contributed by atoms with Gasteiger partial charge in [-0.2, -0.15) is 0 Å². The van der Waals surface area contributed by atoms with Crippen molar-refractivity contribution in [3.63, 3.8) is 0 Å². The minimum Gasteiger partial charge on any atom is -0.320 e. The van der Waals surface area contributed by atoms with Crippen LogP contribution in [-0.4, -0.2) is 20.7 Å². The van der Waals surface area contributed by atoms with Crippen molar-refractivity contribution in [3.05, 3.63) is 93.8 Å². The second-order valence-electron chi connectivity index (χ2n) is 7.62. The number of para-hydroxylation sites is 2. The van der Waals surface area contributed by atoms with Gasteiger partial charge in [0.1, 0.15) is 17.3 Å². The number of fused-ring (bicyclic) bond motifs is 1. The molecule has 0 spiro atoms. The van der Waals surface area contributed by atoms with Gasteiger partial charge in [0.2, 0.25) is 5.91 Å². The monoisotopic (exact) mass is 465 g/mol. The van der Waals surface area contributed by atoms with Gasteiger partial charge in [0.25, 0.3) is 5.56 Å². The van der Waals surface area contributed by atoms with Crippen molar-refractivity contribution in [2.45, 2.75) is 31.2 Å². The van der Waals surface area contributed by atoms with Crippen LogP contribution in [0.4, 0.5) is 14.5 Å². The van der Waals surface area contributed by atoms with Gasteiger partial charge in [-0.1, -0.05) is 42.1 Å². The summed E-state index contributed by atoms with van der Waals surface area (Å²) in [6.45, 7) is 5.45. The maximum atomic E-state index is 14.0. The Kier molecular flexibility index (Phi) is 6.29. The van der Waals surface area contributed by atoms with Crippen molar-refractivity contribution in [2.75, 3.05) is 5.32 Å². The van der Waals surface area contributed by atoms with E-state index >= 15 is 0 Å². The standard InChI is InChI=1S/C25H21F2N3O2S/c1-14-8-6-13-21(15(14)2)30-24(32)17-9-4-5-12-20(17)28-25(30)33-16(3)23(31)29-22-18(26)10-7-11-19(22)27/h4-13,16H,1-3H3,(H,29,31). The number of aryl methyl sites for hydroxylation is 1. The molecule has 0 aliphatic carbocycles. The molecule has 1 heterocycles. The van der Waals surface area contributed by atoms with E-state index in [9.17, 15) is 18.4 Å². The third-order valence-electron chi connectivity index (χ3n) is 5.42. The maximum absolute atomic E-state index is 14.0. The molecule has 0 bridgehead atoms. The van der Waals surface area contributed by atoms with Crippen LogP contribution in [0.5, 0.6) is 0 Å². The van der Waals surface area contributed by atoms with E-state index in [1.165, 1.54) is 10.6 Å². The zero-order chi connectivity index (χ0) is 23.7. The number of amides is 1. The number of carbonyl (C=O) groups excluding carboxylic acids is 1. The minimum absolute atomic E-state index is 0.260. The van der Waals surface area contributed by atoms with Crippen LogP contribution < -0.4 is 10.9 Å². The summed E-state index contributed by atoms with van der Waals surface area (Å²) >= 11 is 1.04. The Hall–Kier alpha value is -3.52. The molecule has 0 aliphatic rings. The summed E-state index contributed by atoms with van der Waals surface area (Å²) in [7, 11) is 0. The number of nitrogens with zero attached hydrogens (tertiary/aromatic N) is 2. The van der Waals surface area contributed by atoms with Gasteiger partial charge in [0.15, 0.2) is 5.16 Å². The molecule has 1 amide bonds. The molecule has 0 aliphatic heterocycles. The fraction of sp³-hybridized carbons (Fsp3) is 0.160. The van der Waals surface area contributed by atoms with Gasteiger partial charge in [-0.15, -0.1) is 0 Å². The molecule has 0 saturated carbocycles. The van der Waals surface area contributed by atoms with E-state index in [0.29, 0.717) is 21.7 Å². The number of aromatic nitrogens is 2. The topological polar surface area (TPSA) is 64.0 Å². The van der Waals surface area contributed by atoms with Crippen LogP contribution in [0.25, 0.3) is 16.6 Å². The molecule has 168 valence electrons. The van der Waals surface area contributed by atoms with Crippen LogP contribution in [0.1, 0.15) is 18.1 Å². The summed E-state index contributed by atoms with van der Waals surface area (Å²) in [5.74, 6) is -2.34. The van der Waals surface area contributed by atoms with Gasteiger partial charge in [-0.05, 0) is 62.2 Å². The van der Waals surface area contributed by atoms with Crippen molar-refractivity contribution in [2.24, 2.45) is 0 Å². The molecular weight excluding hydrogens is 444 g/mol. The summed E-state index contributed by atoms with van der Waals surface area (Å²) in [5.41, 5.74) is 2.30. The number of hydrogen-bond donors (Lipinski definition) is 1. The van der Waals surface area contributed by atoms with Crippen molar-refractivity contribution < 1.29 is 13.6 Å².